The molecule has 0 aromatic heterocycles. The highest BCUT2D eigenvalue weighted by molar-refractivity contribution is 5.99. The monoisotopic (exact) mass is 508 g/mol. The Morgan fingerprint density at radius 2 is 1.82 bits per heavy atom. The third-order valence-corrected chi connectivity index (χ3v) is 7.78. The number of hydrogen-bond donors (Lipinski definition) is 2. The van der Waals surface area contributed by atoms with E-state index in [0.29, 0.717) is 24.5 Å². The molecular formula is C31H32N4O3. The highest BCUT2D eigenvalue weighted by Gasteiger charge is 2.44. The van der Waals surface area contributed by atoms with Crippen LogP contribution in [0.2, 0.25) is 0 Å². The number of carbonyl (C=O) groups is 2. The molecular weight excluding hydrogens is 476 g/mol. The van der Waals surface area contributed by atoms with Crippen LogP contribution in [-0.2, 0) is 16.9 Å². The van der Waals surface area contributed by atoms with E-state index < -0.39 is 5.54 Å². The molecule has 7 nitrogen and oxygen atoms in total. The van der Waals surface area contributed by atoms with Crippen molar-refractivity contribution in [1.29, 1.82) is 0 Å². The van der Waals surface area contributed by atoms with E-state index in [0.717, 1.165) is 28.9 Å². The Bertz CT molecular complexity index is 1380. The Morgan fingerprint density at radius 3 is 2.61 bits per heavy atom. The zero-order valence-corrected chi connectivity index (χ0v) is 21.3. The fourth-order valence-electron chi connectivity index (χ4n) is 5.64. The minimum absolute atomic E-state index is 0.0457. The van der Waals surface area contributed by atoms with Gasteiger partial charge >= 0.3 is 0 Å². The van der Waals surface area contributed by atoms with Crippen molar-refractivity contribution in [2.45, 2.75) is 50.2 Å². The van der Waals surface area contributed by atoms with Gasteiger partial charge in [-0.3, -0.25) is 14.5 Å². The van der Waals surface area contributed by atoms with Crippen LogP contribution >= 0.6 is 0 Å². The normalized spacial score (nSPS) is 22.7. The largest absolute Gasteiger partial charge is 0.493 e. The predicted molar refractivity (Wildman–Crippen MR) is 145 cm³/mol. The van der Waals surface area contributed by atoms with Crippen molar-refractivity contribution in [2.75, 3.05) is 6.61 Å². The third kappa shape index (κ3) is 4.88. The van der Waals surface area contributed by atoms with Crippen molar-refractivity contribution in [3.63, 3.8) is 0 Å². The number of benzene rings is 3. The average molecular weight is 509 g/mol. The molecule has 38 heavy (non-hydrogen) atoms. The van der Waals surface area contributed by atoms with E-state index in [9.17, 15) is 9.59 Å². The maximum atomic E-state index is 13.5. The lowest BCUT2D eigenvalue weighted by Crippen LogP contribution is -2.50. The molecule has 1 aliphatic carbocycles. The number of amides is 2. The number of rotatable bonds is 7. The van der Waals surface area contributed by atoms with E-state index in [1.807, 2.05) is 72.8 Å². The van der Waals surface area contributed by atoms with Crippen molar-refractivity contribution in [1.82, 2.24) is 10.2 Å². The van der Waals surface area contributed by atoms with Gasteiger partial charge in [0.2, 0.25) is 5.91 Å². The van der Waals surface area contributed by atoms with Gasteiger partial charge in [-0.25, -0.2) is 4.99 Å². The highest BCUT2D eigenvalue weighted by atomic mass is 16.5. The van der Waals surface area contributed by atoms with Crippen LogP contribution in [0.4, 0.5) is 0 Å². The Morgan fingerprint density at radius 1 is 1.03 bits per heavy atom. The van der Waals surface area contributed by atoms with Crippen LogP contribution in [0.5, 0.6) is 5.75 Å². The van der Waals surface area contributed by atoms with E-state index in [-0.39, 0.29) is 36.8 Å². The van der Waals surface area contributed by atoms with Gasteiger partial charge in [0.05, 0.1) is 31.2 Å². The summed E-state index contributed by atoms with van der Waals surface area (Å²) >= 11 is 0. The van der Waals surface area contributed by atoms with Gasteiger partial charge in [-0.15, -0.1) is 0 Å². The number of carbonyl (C=O) groups excluding carboxylic acids is 2. The minimum Gasteiger partial charge on any atom is -0.493 e. The molecule has 0 spiro atoms. The summed E-state index contributed by atoms with van der Waals surface area (Å²) in [5.74, 6) is 1.43. The van der Waals surface area contributed by atoms with E-state index in [1.165, 1.54) is 12.8 Å². The van der Waals surface area contributed by atoms with Gasteiger partial charge < -0.3 is 15.8 Å². The number of nitrogens with zero attached hydrogens (tertiary/aromatic N) is 2. The molecule has 0 unspecified atom stereocenters. The second kappa shape index (κ2) is 9.97. The molecule has 2 aliphatic heterocycles. The van der Waals surface area contributed by atoms with Crippen LogP contribution in [0.1, 0.15) is 65.2 Å². The summed E-state index contributed by atoms with van der Waals surface area (Å²) in [7, 11) is 0. The minimum atomic E-state index is -0.609. The van der Waals surface area contributed by atoms with Gasteiger partial charge in [0.25, 0.3) is 5.91 Å². The van der Waals surface area contributed by atoms with Crippen LogP contribution in [0.3, 0.4) is 0 Å². The van der Waals surface area contributed by atoms with Crippen molar-refractivity contribution in [3.05, 3.63) is 101 Å². The van der Waals surface area contributed by atoms with Crippen LogP contribution in [-0.4, -0.2) is 29.3 Å². The first-order valence-electron chi connectivity index (χ1n) is 13.3. The molecule has 1 saturated carbocycles. The Hall–Kier alpha value is -4.13. The fourth-order valence-corrected chi connectivity index (χ4v) is 5.64. The van der Waals surface area contributed by atoms with Crippen molar-refractivity contribution < 1.29 is 14.3 Å². The van der Waals surface area contributed by atoms with Crippen molar-refractivity contribution >= 4 is 17.8 Å². The number of hydrogen-bond acceptors (Lipinski definition) is 5. The SMILES string of the molecule is NC1=N[C@@](CC2CC2)(c2ccccc2)CC(=O)N1Cc1cccc(C(=O)N[C@@H]2CCOc3ccccc32)c1. The number of guanidine groups is 1. The molecule has 3 aromatic rings. The molecule has 6 rings (SSSR count). The van der Waals surface area contributed by atoms with E-state index >= 15 is 0 Å². The summed E-state index contributed by atoms with van der Waals surface area (Å²) in [5.41, 5.74) is 9.24. The standard InChI is InChI=1S/C31H32N4O3/c32-30-34-31(18-21-13-14-21,24-9-2-1-3-10-24)19-28(36)35(30)20-22-7-6-8-23(17-22)29(37)33-26-15-16-38-27-12-5-4-11-25(26)27/h1-12,17,21,26H,13-16,18-20H2,(H2,32,34)(H,33,37)/t26-,31-/m1/s1. The first kappa shape index (κ1) is 24.2. The first-order valence-corrected chi connectivity index (χ1v) is 13.3. The molecule has 0 bridgehead atoms. The molecule has 3 N–H and O–H groups in total. The average Bonchev–Trinajstić information content (AvgIpc) is 3.75. The van der Waals surface area contributed by atoms with Crippen molar-refractivity contribution in [3.8, 4) is 5.75 Å². The van der Waals surface area contributed by atoms with E-state index in [4.69, 9.17) is 15.5 Å². The summed E-state index contributed by atoms with van der Waals surface area (Å²) < 4.78 is 5.72. The molecule has 2 amide bonds. The smallest absolute Gasteiger partial charge is 0.251 e. The maximum absolute atomic E-state index is 13.5. The molecule has 194 valence electrons. The molecule has 0 radical (unpaired) electrons. The van der Waals surface area contributed by atoms with E-state index in [1.54, 1.807) is 11.0 Å². The lowest BCUT2D eigenvalue weighted by molar-refractivity contribution is -0.130. The summed E-state index contributed by atoms with van der Waals surface area (Å²) in [6.45, 7) is 0.826. The molecule has 7 heteroatoms. The van der Waals surface area contributed by atoms with Gasteiger partial charge in [-0.2, -0.15) is 0 Å². The highest BCUT2D eigenvalue weighted by Crippen LogP contribution is 2.46. The molecule has 3 aliphatic rings. The number of ether oxygens (including phenoxy) is 1. The Balaban J connectivity index is 1.20. The molecule has 2 heterocycles. The van der Waals surface area contributed by atoms with Crippen LogP contribution in [0.25, 0.3) is 0 Å². The number of aliphatic imine (C=N–C) groups is 1. The first-order chi connectivity index (χ1) is 18.5. The number of fused-ring (bicyclic) bond motifs is 1. The zero-order valence-electron chi connectivity index (χ0n) is 21.3. The lowest BCUT2D eigenvalue weighted by atomic mass is 9.81. The Kier molecular flexibility index (Phi) is 6.35. The van der Waals surface area contributed by atoms with Gasteiger partial charge in [-0.05, 0) is 41.7 Å². The predicted octanol–water partition coefficient (Wildman–Crippen LogP) is 4.68. The fraction of sp³-hybridized carbons (Fsp3) is 0.323. The molecule has 3 aromatic carbocycles. The number of para-hydroxylation sites is 1. The van der Waals surface area contributed by atoms with E-state index in [2.05, 4.69) is 5.32 Å². The topological polar surface area (TPSA) is 97.0 Å². The van der Waals surface area contributed by atoms with Crippen LogP contribution in [0, 0.1) is 5.92 Å². The quantitative estimate of drug-likeness (QED) is 0.484. The number of nitrogens with two attached hydrogens (primary N) is 1. The second-order valence-electron chi connectivity index (χ2n) is 10.6. The van der Waals surface area contributed by atoms with Crippen LogP contribution < -0.4 is 15.8 Å². The third-order valence-electron chi connectivity index (χ3n) is 7.78. The summed E-state index contributed by atoms with van der Waals surface area (Å²) in [5, 5.41) is 3.14. The summed E-state index contributed by atoms with van der Waals surface area (Å²) in [6.07, 6.45) is 4.19. The van der Waals surface area contributed by atoms with Gasteiger partial charge in [-0.1, -0.05) is 73.5 Å². The van der Waals surface area contributed by atoms with Crippen molar-refractivity contribution in [2.24, 2.45) is 16.6 Å². The molecule has 1 fully saturated rings. The Labute approximate surface area is 222 Å². The second-order valence-corrected chi connectivity index (χ2v) is 10.6. The van der Waals surface area contributed by atoms with Crippen LogP contribution in [0.15, 0.2) is 83.9 Å². The summed E-state index contributed by atoms with van der Waals surface area (Å²) in [4.78, 5) is 33.1. The zero-order chi connectivity index (χ0) is 26.1. The number of nitrogens with one attached hydrogen (secondary N) is 1. The molecule has 2 atom stereocenters. The summed E-state index contributed by atoms with van der Waals surface area (Å²) in [6, 6.07) is 25.1. The molecule has 0 saturated heterocycles. The van der Waals surface area contributed by atoms with Gasteiger partial charge in [0.1, 0.15) is 5.75 Å². The van der Waals surface area contributed by atoms with Gasteiger partial charge in [0.15, 0.2) is 5.96 Å². The van der Waals surface area contributed by atoms with Gasteiger partial charge in [0, 0.05) is 17.5 Å². The maximum Gasteiger partial charge on any atom is 0.251 e. The lowest BCUT2D eigenvalue weighted by Gasteiger charge is -2.38.